The highest BCUT2D eigenvalue weighted by Gasteiger charge is 2.36. The number of piperidine rings is 1. The molecule has 2 saturated heterocycles. The van der Waals surface area contributed by atoms with Gasteiger partial charge in [-0.1, -0.05) is 12.1 Å². The Bertz CT molecular complexity index is 1630. The first kappa shape index (κ1) is 32.0. The lowest BCUT2D eigenvalue weighted by molar-refractivity contribution is 0.0473. The second-order valence-corrected chi connectivity index (χ2v) is 14.9. The number of hydrogen-bond donors (Lipinski definition) is 2. The molecule has 0 radical (unpaired) electrons. The lowest BCUT2D eigenvalue weighted by Crippen LogP contribution is -2.48. The van der Waals surface area contributed by atoms with Crippen LogP contribution in [0.25, 0.3) is 22.4 Å². The number of pyridine rings is 1. The predicted molar refractivity (Wildman–Crippen MR) is 180 cm³/mol. The van der Waals surface area contributed by atoms with Crippen LogP contribution in [0, 0.1) is 0 Å². The third kappa shape index (κ3) is 7.05. The zero-order valence-electron chi connectivity index (χ0n) is 27.3. The molecule has 3 aromatic rings. The number of nitrogens with one attached hydrogen (secondary N) is 2. The Morgan fingerprint density at radius 1 is 1.07 bits per heavy atom. The normalized spacial score (nSPS) is 18.5. The van der Waals surface area contributed by atoms with E-state index in [1.54, 1.807) is 11.3 Å². The van der Waals surface area contributed by atoms with Gasteiger partial charge >= 0.3 is 6.09 Å². The fourth-order valence-electron chi connectivity index (χ4n) is 6.38. The average Bonchev–Trinajstić information content (AvgIpc) is 3.39. The maximum Gasteiger partial charge on any atom is 0.407 e. The van der Waals surface area contributed by atoms with Crippen LogP contribution in [0.5, 0.6) is 0 Å². The summed E-state index contributed by atoms with van der Waals surface area (Å²) in [6, 6.07) is 11.7. The Labute approximate surface area is 274 Å². The Hall–Kier alpha value is -3.96. The molecule has 244 valence electrons. The Morgan fingerprint density at radius 3 is 2.52 bits per heavy atom. The molecule has 2 aromatic heterocycles. The monoisotopic (exact) mass is 645 g/mol. The van der Waals surface area contributed by atoms with Crippen LogP contribution in [0.4, 0.5) is 9.80 Å². The van der Waals surface area contributed by atoms with Crippen molar-refractivity contribution in [2.45, 2.75) is 71.1 Å². The largest absolute Gasteiger partial charge is 0.444 e. The molecule has 11 heteroatoms. The minimum Gasteiger partial charge on any atom is -0.444 e. The topological polar surface area (TPSA) is 113 Å². The molecule has 1 aromatic carbocycles. The summed E-state index contributed by atoms with van der Waals surface area (Å²) in [5.74, 6) is -0.0642. The maximum atomic E-state index is 13.6. The van der Waals surface area contributed by atoms with Crippen molar-refractivity contribution in [3.63, 3.8) is 0 Å². The molecular weight excluding hydrogens is 602 g/mol. The van der Waals surface area contributed by atoms with Crippen LogP contribution in [0.1, 0.15) is 73.1 Å². The Kier molecular flexibility index (Phi) is 8.82. The van der Waals surface area contributed by atoms with Gasteiger partial charge in [-0.2, -0.15) is 0 Å². The molecule has 3 aliphatic rings. The number of alkyl carbamates (subject to hydrolysis) is 1. The van der Waals surface area contributed by atoms with E-state index in [0.717, 1.165) is 57.3 Å². The second kappa shape index (κ2) is 12.7. The fourth-order valence-corrected chi connectivity index (χ4v) is 7.67. The van der Waals surface area contributed by atoms with Crippen molar-refractivity contribution < 1.29 is 23.9 Å². The smallest absolute Gasteiger partial charge is 0.407 e. The fraction of sp³-hybridized carbons (Fsp3) is 0.486. The van der Waals surface area contributed by atoms with E-state index in [9.17, 15) is 14.4 Å². The number of likely N-dealkylation sites (tertiary alicyclic amines) is 1. The molecule has 0 unspecified atom stereocenters. The van der Waals surface area contributed by atoms with Crippen LogP contribution in [-0.4, -0.2) is 84.4 Å². The van der Waals surface area contributed by atoms with Crippen molar-refractivity contribution >= 4 is 34.2 Å². The number of aromatic nitrogens is 1. The standard InChI is InChI=1S/C35H43N5O5S/c1-34(2,3)45-33(43)37-25-10-13-39(14-11-25)31(42)24-8-6-7-22(19-24)27-20-23(9-12-36-27)28-26-21-35(4,5)38-30(41)29(26)46-32(28)40-15-17-44-18-16-40/h6-9,12,19-20,25H,10-11,13-18,21H2,1-5H3,(H,37,43)(H,38,41). The van der Waals surface area contributed by atoms with E-state index >= 15 is 0 Å². The number of morpholine rings is 1. The first-order chi connectivity index (χ1) is 21.9. The van der Waals surface area contributed by atoms with Crippen molar-refractivity contribution in [2.24, 2.45) is 0 Å². The predicted octanol–water partition coefficient (Wildman–Crippen LogP) is 5.51. The highest BCUT2D eigenvalue weighted by molar-refractivity contribution is 7.19. The number of carbonyl (C=O) groups excluding carboxylic acids is 3. The van der Waals surface area contributed by atoms with Crippen LogP contribution >= 0.6 is 11.3 Å². The van der Waals surface area contributed by atoms with Gasteiger partial charge in [0.05, 0.1) is 23.8 Å². The van der Waals surface area contributed by atoms with Gasteiger partial charge in [-0.05, 0) is 89.3 Å². The summed E-state index contributed by atoms with van der Waals surface area (Å²) in [5, 5.41) is 7.19. The lowest BCUT2D eigenvalue weighted by Gasteiger charge is -2.33. The number of hydrogen-bond acceptors (Lipinski definition) is 8. The molecule has 0 atom stereocenters. The molecule has 6 rings (SSSR count). The first-order valence-electron chi connectivity index (χ1n) is 16.0. The maximum absolute atomic E-state index is 13.6. The van der Waals surface area contributed by atoms with Crippen LogP contribution in [0.3, 0.4) is 0 Å². The zero-order chi connectivity index (χ0) is 32.6. The summed E-state index contributed by atoms with van der Waals surface area (Å²) in [6.45, 7) is 13.6. The van der Waals surface area contributed by atoms with Crippen molar-refractivity contribution in [1.29, 1.82) is 0 Å². The first-order valence-corrected chi connectivity index (χ1v) is 16.8. The molecule has 2 N–H and O–H groups in total. The van der Waals surface area contributed by atoms with Gasteiger partial charge in [-0.25, -0.2) is 4.79 Å². The molecule has 2 fully saturated rings. The highest BCUT2D eigenvalue weighted by atomic mass is 32.1. The third-order valence-electron chi connectivity index (χ3n) is 8.52. The number of anilines is 1. The van der Waals surface area contributed by atoms with Gasteiger partial charge < -0.3 is 29.9 Å². The quantitative estimate of drug-likeness (QED) is 0.377. The van der Waals surface area contributed by atoms with Gasteiger partial charge in [0.2, 0.25) is 0 Å². The number of benzene rings is 1. The Balaban J connectivity index is 1.23. The van der Waals surface area contributed by atoms with Crippen LogP contribution in [0.2, 0.25) is 0 Å². The number of nitrogens with zero attached hydrogens (tertiary/aromatic N) is 3. The molecule has 0 aliphatic carbocycles. The molecular formula is C35H43N5O5S. The molecule has 0 spiro atoms. The van der Waals surface area contributed by atoms with E-state index < -0.39 is 11.7 Å². The number of carbonyl (C=O) groups is 3. The number of ether oxygens (including phenoxy) is 2. The van der Waals surface area contributed by atoms with E-state index in [-0.39, 0.29) is 23.4 Å². The number of thiophene rings is 1. The minimum absolute atomic E-state index is 0.0258. The highest BCUT2D eigenvalue weighted by Crippen LogP contribution is 2.46. The number of fused-ring (bicyclic) bond motifs is 1. The van der Waals surface area contributed by atoms with Crippen molar-refractivity contribution in [1.82, 2.24) is 20.5 Å². The van der Waals surface area contributed by atoms with Gasteiger partial charge in [-0.3, -0.25) is 14.6 Å². The van der Waals surface area contributed by atoms with Gasteiger partial charge in [0.25, 0.3) is 11.8 Å². The van der Waals surface area contributed by atoms with Gasteiger partial charge in [0.15, 0.2) is 0 Å². The van der Waals surface area contributed by atoms with E-state index in [0.29, 0.717) is 44.7 Å². The van der Waals surface area contributed by atoms with Crippen molar-refractivity contribution in [3.05, 3.63) is 58.6 Å². The van der Waals surface area contributed by atoms with E-state index in [4.69, 9.17) is 14.5 Å². The second-order valence-electron chi connectivity index (χ2n) is 13.9. The van der Waals surface area contributed by atoms with Gasteiger partial charge in [0.1, 0.15) is 10.6 Å². The van der Waals surface area contributed by atoms with Crippen molar-refractivity contribution in [2.75, 3.05) is 44.3 Å². The summed E-state index contributed by atoms with van der Waals surface area (Å²) < 4.78 is 11.0. The molecule has 0 bridgehead atoms. The summed E-state index contributed by atoms with van der Waals surface area (Å²) in [4.78, 5) is 48.6. The molecule has 3 aliphatic heterocycles. The van der Waals surface area contributed by atoms with Gasteiger partial charge in [-0.15, -0.1) is 11.3 Å². The summed E-state index contributed by atoms with van der Waals surface area (Å²) in [6.07, 6.45) is 3.45. The molecule has 3 amide bonds. The molecule has 46 heavy (non-hydrogen) atoms. The van der Waals surface area contributed by atoms with E-state index in [1.807, 2.05) is 62.2 Å². The SMILES string of the molecule is CC1(C)Cc2c(sc(N3CCOCC3)c2-c2ccnc(-c3cccc(C(=O)N4CCC(NC(=O)OC(C)(C)C)CC4)c3)c2)C(=O)N1. The van der Waals surface area contributed by atoms with Crippen LogP contribution in [-0.2, 0) is 15.9 Å². The number of amides is 3. The van der Waals surface area contributed by atoms with Crippen LogP contribution in [0.15, 0.2) is 42.6 Å². The molecule has 5 heterocycles. The minimum atomic E-state index is -0.554. The summed E-state index contributed by atoms with van der Waals surface area (Å²) in [5.41, 5.74) is 4.47. The Morgan fingerprint density at radius 2 is 1.80 bits per heavy atom. The zero-order valence-corrected chi connectivity index (χ0v) is 28.1. The molecule has 0 saturated carbocycles. The lowest BCUT2D eigenvalue weighted by atomic mass is 9.87. The van der Waals surface area contributed by atoms with Crippen molar-refractivity contribution in [3.8, 4) is 22.4 Å². The van der Waals surface area contributed by atoms with Crippen LogP contribution < -0.4 is 15.5 Å². The summed E-state index contributed by atoms with van der Waals surface area (Å²) >= 11 is 1.56. The summed E-state index contributed by atoms with van der Waals surface area (Å²) in [7, 11) is 0. The van der Waals surface area contributed by atoms with E-state index in [2.05, 4.69) is 35.4 Å². The van der Waals surface area contributed by atoms with E-state index in [1.165, 1.54) is 0 Å². The third-order valence-corrected chi connectivity index (χ3v) is 9.81. The number of rotatable bonds is 5. The average molecular weight is 646 g/mol. The van der Waals surface area contributed by atoms with Gasteiger partial charge in [0, 0.05) is 60.6 Å². The molecule has 10 nitrogen and oxygen atoms in total.